The zero-order chi connectivity index (χ0) is 25.1. The van der Waals surface area contributed by atoms with Crippen molar-refractivity contribution < 1.29 is 28.6 Å². The van der Waals surface area contributed by atoms with E-state index in [1.165, 1.54) is 4.90 Å². The molecule has 2 heterocycles. The van der Waals surface area contributed by atoms with E-state index >= 15 is 0 Å². The normalized spacial score (nSPS) is 16.7. The van der Waals surface area contributed by atoms with E-state index in [9.17, 15) is 14.4 Å². The van der Waals surface area contributed by atoms with Gasteiger partial charge in [-0.15, -0.1) is 0 Å². The number of nitrogens with zero attached hydrogens (tertiary/aromatic N) is 1. The highest BCUT2D eigenvalue weighted by molar-refractivity contribution is 14.1. The molecule has 1 unspecified atom stereocenters. The van der Waals surface area contributed by atoms with Gasteiger partial charge in [0.2, 0.25) is 0 Å². The zero-order valence-corrected chi connectivity index (χ0v) is 21.4. The van der Waals surface area contributed by atoms with Gasteiger partial charge < -0.3 is 19.5 Å². The number of hydrogen-bond donors (Lipinski definition) is 1. The van der Waals surface area contributed by atoms with Crippen LogP contribution in [0.1, 0.15) is 33.6 Å². The average molecular weight is 598 g/mol. The number of carbonyl (C=O) groups excluding carboxylic acids is 3. The molecule has 0 saturated carbocycles. The Labute approximate surface area is 221 Å². The molecule has 3 aromatic carbocycles. The quantitative estimate of drug-likeness (QED) is 0.294. The summed E-state index contributed by atoms with van der Waals surface area (Å²) in [4.78, 5) is 39.2. The van der Waals surface area contributed by atoms with Gasteiger partial charge in [0.25, 0.3) is 17.7 Å². The predicted molar refractivity (Wildman–Crippen MR) is 141 cm³/mol. The molecule has 0 spiro atoms. The molecule has 1 saturated heterocycles. The highest BCUT2D eigenvalue weighted by Gasteiger charge is 2.37. The molecular formula is C27H23IN2O6. The Kier molecular flexibility index (Phi) is 7.19. The minimum Gasteiger partial charge on any atom is -0.484 e. The van der Waals surface area contributed by atoms with E-state index < -0.39 is 0 Å². The van der Waals surface area contributed by atoms with Gasteiger partial charge in [-0.1, -0.05) is 6.07 Å². The first-order valence-electron chi connectivity index (χ1n) is 11.5. The van der Waals surface area contributed by atoms with Gasteiger partial charge in [-0.2, -0.15) is 0 Å². The first kappa shape index (κ1) is 24.3. The largest absolute Gasteiger partial charge is 0.484 e. The lowest BCUT2D eigenvalue weighted by atomic mass is 10.1. The fourth-order valence-corrected chi connectivity index (χ4v) is 4.50. The number of nitrogens with one attached hydrogen (secondary N) is 1. The number of ether oxygens (including phenoxy) is 3. The topological polar surface area (TPSA) is 94.2 Å². The molecule has 0 bridgehead atoms. The Morgan fingerprint density at radius 1 is 0.972 bits per heavy atom. The van der Waals surface area contributed by atoms with Crippen molar-refractivity contribution in [2.45, 2.75) is 18.9 Å². The van der Waals surface area contributed by atoms with Gasteiger partial charge in [0, 0.05) is 21.9 Å². The van der Waals surface area contributed by atoms with Crippen LogP contribution in [0.3, 0.4) is 0 Å². The van der Waals surface area contributed by atoms with Gasteiger partial charge in [0.05, 0.1) is 23.8 Å². The molecule has 9 heteroatoms. The maximum Gasteiger partial charge on any atom is 0.262 e. The molecular weight excluding hydrogens is 575 g/mol. The lowest BCUT2D eigenvalue weighted by Gasteiger charge is -2.17. The van der Waals surface area contributed by atoms with E-state index in [1.54, 1.807) is 54.6 Å². The molecule has 3 amide bonds. The minimum atomic E-state index is -0.343. The van der Waals surface area contributed by atoms with Gasteiger partial charge in [0.15, 0.2) is 6.61 Å². The van der Waals surface area contributed by atoms with Crippen LogP contribution in [-0.4, -0.2) is 48.5 Å². The zero-order valence-electron chi connectivity index (χ0n) is 19.2. The van der Waals surface area contributed by atoms with Crippen LogP contribution in [0.2, 0.25) is 0 Å². The van der Waals surface area contributed by atoms with Crippen molar-refractivity contribution >= 4 is 46.0 Å². The van der Waals surface area contributed by atoms with E-state index in [4.69, 9.17) is 14.2 Å². The minimum absolute atomic E-state index is 0.108. The second kappa shape index (κ2) is 10.7. The highest BCUT2D eigenvalue weighted by atomic mass is 127. The van der Waals surface area contributed by atoms with E-state index in [0.29, 0.717) is 40.7 Å². The van der Waals surface area contributed by atoms with Crippen LogP contribution in [-0.2, 0) is 9.53 Å². The Bertz CT molecular complexity index is 1300. The number of amides is 3. The number of carbonyl (C=O) groups is 3. The number of rotatable bonds is 8. The first-order valence-corrected chi connectivity index (χ1v) is 12.6. The van der Waals surface area contributed by atoms with Crippen molar-refractivity contribution in [3.8, 4) is 17.2 Å². The molecule has 1 fully saturated rings. The molecule has 3 aromatic rings. The predicted octanol–water partition coefficient (Wildman–Crippen LogP) is 4.88. The summed E-state index contributed by atoms with van der Waals surface area (Å²) in [7, 11) is 0. The van der Waals surface area contributed by atoms with Crippen LogP contribution < -0.4 is 14.8 Å². The summed E-state index contributed by atoms with van der Waals surface area (Å²) in [5.41, 5.74) is 1.21. The van der Waals surface area contributed by atoms with Crippen LogP contribution in [0.4, 0.5) is 5.69 Å². The first-order chi connectivity index (χ1) is 17.5. The molecule has 1 atom stereocenters. The number of anilines is 1. The summed E-state index contributed by atoms with van der Waals surface area (Å²) in [5.74, 6) is 0.540. The monoisotopic (exact) mass is 598 g/mol. The van der Waals surface area contributed by atoms with E-state index in [-0.39, 0.29) is 37.0 Å². The molecule has 8 nitrogen and oxygen atoms in total. The van der Waals surface area contributed by atoms with Crippen LogP contribution in [0, 0.1) is 3.57 Å². The molecule has 0 aromatic heterocycles. The van der Waals surface area contributed by atoms with Crippen LogP contribution in [0.15, 0.2) is 66.7 Å². The Morgan fingerprint density at radius 3 is 2.50 bits per heavy atom. The molecule has 0 aliphatic carbocycles. The van der Waals surface area contributed by atoms with Gasteiger partial charge in [-0.25, -0.2) is 0 Å². The lowest BCUT2D eigenvalue weighted by Crippen LogP contribution is -2.36. The number of halogens is 1. The summed E-state index contributed by atoms with van der Waals surface area (Å²) < 4.78 is 18.1. The fraction of sp³-hybridized carbons (Fsp3) is 0.222. The Hall–Kier alpha value is -3.44. The number of hydrogen-bond acceptors (Lipinski definition) is 6. The average Bonchev–Trinajstić information content (AvgIpc) is 3.47. The summed E-state index contributed by atoms with van der Waals surface area (Å²) >= 11 is 2.20. The van der Waals surface area contributed by atoms with Gasteiger partial charge in [-0.3, -0.25) is 19.3 Å². The van der Waals surface area contributed by atoms with Gasteiger partial charge >= 0.3 is 0 Å². The molecule has 2 aliphatic heterocycles. The van der Waals surface area contributed by atoms with Crippen molar-refractivity contribution in [2.75, 3.05) is 25.1 Å². The number of fused-ring (bicyclic) bond motifs is 1. The van der Waals surface area contributed by atoms with E-state index in [2.05, 4.69) is 27.9 Å². The summed E-state index contributed by atoms with van der Waals surface area (Å²) in [5, 5.41) is 2.78. The van der Waals surface area contributed by atoms with Gasteiger partial charge in [0.1, 0.15) is 17.2 Å². The van der Waals surface area contributed by atoms with E-state index in [1.807, 2.05) is 12.1 Å². The van der Waals surface area contributed by atoms with Crippen LogP contribution in [0.25, 0.3) is 0 Å². The highest BCUT2D eigenvalue weighted by Crippen LogP contribution is 2.31. The third-order valence-corrected chi connectivity index (χ3v) is 6.61. The van der Waals surface area contributed by atoms with Crippen LogP contribution >= 0.6 is 22.6 Å². The number of benzene rings is 3. The molecule has 1 N–H and O–H groups in total. The van der Waals surface area contributed by atoms with Crippen molar-refractivity contribution in [1.82, 2.24) is 4.90 Å². The number of imide groups is 1. The van der Waals surface area contributed by atoms with Crippen LogP contribution in [0.5, 0.6) is 17.2 Å². The second-order valence-corrected chi connectivity index (χ2v) is 9.73. The molecule has 184 valence electrons. The van der Waals surface area contributed by atoms with Crippen molar-refractivity contribution in [1.29, 1.82) is 0 Å². The van der Waals surface area contributed by atoms with Crippen molar-refractivity contribution in [3.63, 3.8) is 0 Å². The summed E-state index contributed by atoms with van der Waals surface area (Å²) in [6, 6.07) is 19.1. The standard InChI is InChI=1S/C27H23IN2O6/c28-17-6-8-19(9-7-17)35-16-25(31)29-18-3-1-4-20(13-18)36-21-10-11-23-24(14-21)27(33)30(26(23)32)15-22-5-2-12-34-22/h1,3-4,6-11,13-14,22H,2,5,12,15-16H2,(H,29,31). The Balaban J connectivity index is 1.21. The summed E-state index contributed by atoms with van der Waals surface area (Å²) in [6.07, 6.45) is 1.67. The molecule has 2 aliphatic rings. The van der Waals surface area contributed by atoms with Crippen molar-refractivity contribution in [2.24, 2.45) is 0 Å². The maximum atomic E-state index is 12.9. The third-order valence-electron chi connectivity index (χ3n) is 5.89. The lowest BCUT2D eigenvalue weighted by molar-refractivity contribution is -0.118. The second-order valence-electron chi connectivity index (χ2n) is 8.48. The van der Waals surface area contributed by atoms with Gasteiger partial charge in [-0.05, 0) is 90.0 Å². The molecule has 5 rings (SSSR count). The van der Waals surface area contributed by atoms with E-state index in [0.717, 1.165) is 16.4 Å². The summed E-state index contributed by atoms with van der Waals surface area (Å²) in [6.45, 7) is 0.789. The SMILES string of the molecule is O=C(COc1ccc(I)cc1)Nc1cccc(Oc2ccc3c(c2)C(=O)N(CC2CCCO2)C3=O)c1. The smallest absolute Gasteiger partial charge is 0.262 e. The Morgan fingerprint density at radius 2 is 1.72 bits per heavy atom. The third kappa shape index (κ3) is 5.52. The molecule has 36 heavy (non-hydrogen) atoms. The fourth-order valence-electron chi connectivity index (χ4n) is 4.14. The van der Waals surface area contributed by atoms with Crippen molar-refractivity contribution in [3.05, 3.63) is 81.4 Å². The molecule has 0 radical (unpaired) electrons. The maximum absolute atomic E-state index is 12.9.